The van der Waals surface area contributed by atoms with Crippen molar-refractivity contribution < 1.29 is 4.74 Å². The van der Waals surface area contributed by atoms with Crippen molar-refractivity contribution in [3.63, 3.8) is 0 Å². The molecule has 0 radical (unpaired) electrons. The average Bonchev–Trinajstić information content (AvgIpc) is 2.63. The quantitative estimate of drug-likeness (QED) is 0.655. The first kappa shape index (κ1) is 16.7. The lowest BCUT2D eigenvalue weighted by atomic mass is 10.1. The minimum atomic E-state index is 0.643. The number of hydrogen-bond acceptors (Lipinski definition) is 5. The molecule has 0 aliphatic carbocycles. The van der Waals surface area contributed by atoms with Gasteiger partial charge in [0, 0.05) is 23.9 Å². The van der Waals surface area contributed by atoms with E-state index in [1.54, 1.807) is 25.2 Å². The van der Waals surface area contributed by atoms with E-state index in [1.165, 1.54) is 16.0 Å². The topological polar surface area (TPSA) is 47.0 Å². The van der Waals surface area contributed by atoms with E-state index in [1.807, 2.05) is 12.1 Å². The third-order valence-corrected chi connectivity index (χ3v) is 4.67. The summed E-state index contributed by atoms with van der Waals surface area (Å²) in [5.74, 6) is 0.889. The third-order valence-electron chi connectivity index (χ3n) is 3.95. The van der Waals surface area contributed by atoms with Crippen LogP contribution in [0, 0.1) is 0 Å². The van der Waals surface area contributed by atoms with Gasteiger partial charge < -0.3 is 10.1 Å². The predicted octanol–water partition coefficient (Wildman–Crippen LogP) is 4.15. The smallest absolute Gasteiger partial charge is 0.137 e. The highest BCUT2D eigenvalue weighted by atomic mass is 32.2. The van der Waals surface area contributed by atoms with Crippen molar-refractivity contribution in [2.24, 2.45) is 0 Å². The summed E-state index contributed by atoms with van der Waals surface area (Å²) >= 11 is 1.72. The molecule has 1 heterocycles. The molecule has 0 aliphatic heterocycles. The largest absolute Gasteiger partial charge is 0.380 e. The van der Waals surface area contributed by atoms with Crippen LogP contribution < -0.4 is 5.32 Å². The summed E-state index contributed by atoms with van der Waals surface area (Å²) in [7, 11) is 1.73. The lowest BCUT2D eigenvalue weighted by molar-refractivity contribution is 0.184. The van der Waals surface area contributed by atoms with E-state index in [9.17, 15) is 0 Å². The first-order chi connectivity index (χ1) is 11.8. The van der Waals surface area contributed by atoms with Gasteiger partial charge in [0.05, 0.1) is 12.1 Å². The number of aromatic nitrogens is 2. The van der Waals surface area contributed by atoms with Crippen molar-refractivity contribution in [1.29, 1.82) is 0 Å². The molecule has 0 aliphatic rings. The molecule has 0 amide bonds. The highest BCUT2D eigenvalue weighted by molar-refractivity contribution is 7.98. The van der Waals surface area contributed by atoms with E-state index < -0.39 is 0 Å². The second-order valence-corrected chi connectivity index (χ2v) is 6.36. The number of nitrogens with zero attached hydrogens (tertiary/aromatic N) is 2. The van der Waals surface area contributed by atoms with E-state index in [4.69, 9.17) is 4.74 Å². The molecule has 4 nitrogen and oxygen atoms in total. The molecule has 24 heavy (non-hydrogen) atoms. The summed E-state index contributed by atoms with van der Waals surface area (Å²) in [6.45, 7) is 1.46. The zero-order valence-corrected chi connectivity index (χ0v) is 14.8. The third kappa shape index (κ3) is 3.86. The molecule has 3 rings (SSSR count). The van der Waals surface area contributed by atoms with Crippen molar-refractivity contribution in [3.05, 3.63) is 59.9 Å². The number of methoxy groups -OCH3 is 1. The van der Waals surface area contributed by atoms with Gasteiger partial charge in [-0.3, -0.25) is 0 Å². The second-order valence-electron chi connectivity index (χ2n) is 5.48. The molecule has 124 valence electrons. The van der Waals surface area contributed by atoms with Crippen LogP contribution in [0.25, 0.3) is 10.9 Å². The van der Waals surface area contributed by atoms with Gasteiger partial charge in [-0.25, -0.2) is 9.97 Å². The number of anilines is 1. The number of rotatable bonds is 7. The summed E-state index contributed by atoms with van der Waals surface area (Å²) in [6.07, 6.45) is 4.61. The second kappa shape index (κ2) is 8.13. The van der Waals surface area contributed by atoms with Crippen molar-refractivity contribution in [2.75, 3.05) is 25.2 Å². The molecule has 1 aromatic heterocycles. The molecule has 0 unspecified atom stereocenters. The maximum atomic E-state index is 5.27. The predicted molar refractivity (Wildman–Crippen MR) is 101 cm³/mol. The highest BCUT2D eigenvalue weighted by Crippen LogP contribution is 2.25. The fourth-order valence-electron chi connectivity index (χ4n) is 2.72. The van der Waals surface area contributed by atoms with Crippen molar-refractivity contribution in [3.8, 4) is 0 Å². The summed E-state index contributed by atoms with van der Waals surface area (Å²) in [5.41, 5.74) is 3.50. The van der Waals surface area contributed by atoms with Gasteiger partial charge in [0.25, 0.3) is 0 Å². The van der Waals surface area contributed by atoms with Crippen LogP contribution in [0.2, 0.25) is 0 Å². The van der Waals surface area contributed by atoms with E-state index in [2.05, 4.69) is 51.9 Å². The number of hydrogen-bond donors (Lipinski definition) is 1. The van der Waals surface area contributed by atoms with Gasteiger partial charge in [-0.2, -0.15) is 0 Å². The molecule has 0 bridgehead atoms. The molecular weight excluding hydrogens is 318 g/mol. The fraction of sp³-hybridized carbons (Fsp3) is 0.263. The Morgan fingerprint density at radius 3 is 2.71 bits per heavy atom. The molecule has 0 fully saturated rings. The lowest BCUT2D eigenvalue weighted by Crippen LogP contribution is -2.08. The Morgan fingerprint density at radius 1 is 1.08 bits per heavy atom. The van der Waals surface area contributed by atoms with Gasteiger partial charge in [0.2, 0.25) is 0 Å². The van der Waals surface area contributed by atoms with E-state index in [0.717, 1.165) is 29.7 Å². The van der Waals surface area contributed by atoms with Gasteiger partial charge in [-0.15, -0.1) is 11.8 Å². The van der Waals surface area contributed by atoms with Gasteiger partial charge in [-0.05, 0) is 42.0 Å². The number of ether oxygens (including phenoxy) is 1. The molecule has 1 N–H and O–H groups in total. The fourth-order valence-corrected chi connectivity index (χ4v) is 3.16. The number of fused-ring (bicyclic) bond motifs is 1. The molecule has 2 aromatic carbocycles. The Hall–Kier alpha value is -2.11. The molecule has 0 spiro atoms. The highest BCUT2D eigenvalue weighted by Gasteiger charge is 2.06. The molecule has 0 saturated heterocycles. The number of nitrogens with one attached hydrogen (secondary N) is 1. The Kier molecular flexibility index (Phi) is 5.67. The normalized spacial score (nSPS) is 10.9. The monoisotopic (exact) mass is 339 g/mol. The number of thioether (sulfide) groups is 1. The van der Waals surface area contributed by atoms with Crippen LogP contribution in [0.4, 0.5) is 5.82 Å². The maximum absolute atomic E-state index is 5.27. The van der Waals surface area contributed by atoms with Crippen LogP contribution >= 0.6 is 11.8 Å². The Bertz CT molecular complexity index is 823. The molecule has 5 heteroatoms. The van der Waals surface area contributed by atoms with Gasteiger partial charge in [0.15, 0.2) is 0 Å². The first-order valence-electron chi connectivity index (χ1n) is 7.90. The lowest BCUT2D eigenvalue weighted by Gasteiger charge is -2.11. The van der Waals surface area contributed by atoms with Gasteiger partial charge >= 0.3 is 0 Å². The molecular formula is C19H21N3OS. The zero-order chi connectivity index (χ0) is 16.8. The Balaban J connectivity index is 1.74. The standard InChI is InChI=1S/C19H21N3OS/c1-23-12-15-6-4-3-5-14(15)9-10-20-19-17-11-16(24-2)7-8-18(17)21-13-22-19/h3-8,11,13H,9-10,12H2,1-2H3,(H,20,21,22). The summed E-state index contributed by atoms with van der Waals surface area (Å²) in [4.78, 5) is 9.97. The minimum Gasteiger partial charge on any atom is -0.380 e. The Morgan fingerprint density at radius 2 is 1.92 bits per heavy atom. The first-order valence-corrected chi connectivity index (χ1v) is 9.12. The van der Waals surface area contributed by atoms with Crippen LogP contribution in [0.1, 0.15) is 11.1 Å². The van der Waals surface area contributed by atoms with Crippen molar-refractivity contribution >= 4 is 28.5 Å². The molecule has 3 aromatic rings. The maximum Gasteiger partial charge on any atom is 0.137 e. The summed E-state index contributed by atoms with van der Waals surface area (Å²) in [6, 6.07) is 14.7. The molecule has 0 saturated carbocycles. The zero-order valence-electron chi connectivity index (χ0n) is 14.0. The van der Waals surface area contributed by atoms with Crippen molar-refractivity contribution in [2.45, 2.75) is 17.9 Å². The van der Waals surface area contributed by atoms with Gasteiger partial charge in [0.1, 0.15) is 12.1 Å². The van der Waals surface area contributed by atoms with Crippen molar-refractivity contribution in [1.82, 2.24) is 9.97 Å². The average molecular weight is 339 g/mol. The molecule has 0 atom stereocenters. The van der Waals surface area contributed by atoms with Crippen LogP contribution in [0.15, 0.2) is 53.7 Å². The van der Waals surface area contributed by atoms with Crippen LogP contribution in [0.5, 0.6) is 0 Å². The SMILES string of the molecule is COCc1ccccc1CCNc1ncnc2ccc(SC)cc12. The van der Waals surface area contributed by atoms with Crippen LogP contribution in [-0.2, 0) is 17.8 Å². The van der Waals surface area contributed by atoms with Gasteiger partial charge in [-0.1, -0.05) is 24.3 Å². The van der Waals surface area contributed by atoms with E-state index >= 15 is 0 Å². The van der Waals surface area contributed by atoms with E-state index in [-0.39, 0.29) is 0 Å². The van der Waals surface area contributed by atoms with Crippen LogP contribution in [-0.4, -0.2) is 29.9 Å². The summed E-state index contributed by atoms with van der Waals surface area (Å²) in [5, 5.41) is 4.52. The minimum absolute atomic E-state index is 0.643. The number of benzene rings is 2. The Labute approximate surface area is 146 Å². The van der Waals surface area contributed by atoms with E-state index in [0.29, 0.717) is 6.61 Å². The van der Waals surface area contributed by atoms with Crippen LogP contribution in [0.3, 0.4) is 0 Å². The summed E-state index contributed by atoms with van der Waals surface area (Å²) < 4.78 is 5.27.